The van der Waals surface area contributed by atoms with Gasteiger partial charge in [0.25, 0.3) is 5.91 Å². The normalized spacial score (nSPS) is 10.3. The summed E-state index contributed by atoms with van der Waals surface area (Å²) in [5, 5.41) is 9.66. The number of benzene rings is 1. The van der Waals surface area contributed by atoms with Crippen LogP contribution in [0, 0.1) is 0 Å². The average Bonchev–Trinajstić information content (AvgIpc) is 3.01. The van der Waals surface area contributed by atoms with Gasteiger partial charge in [-0.25, -0.2) is 0 Å². The van der Waals surface area contributed by atoms with Crippen LogP contribution in [-0.4, -0.2) is 41.0 Å². The van der Waals surface area contributed by atoms with Crippen molar-refractivity contribution < 1.29 is 9.59 Å². The fraction of sp³-hybridized carbons (Fsp3) is 0.312. The summed E-state index contributed by atoms with van der Waals surface area (Å²) in [4.78, 5) is 24.9. The molecule has 0 fully saturated rings. The summed E-state index contributed by atoms with van der Waals surface area (Å²) in [6.07, 6.45) is 2.01. The van der Waals surface area contributed by atoms with Crippen molar-refractivity contribution in [2.45, 2.75) is 19.9 Å². The van der Waals surface area contributed by atoms with Crippen LogP contribution in [0.3, 0.4) is 0 Å². The van der Waals surface area contributed by atoms with E-state index in [-0.39, 0.29) is 11.8 Å². The largest absolute Gasteiger partial charge is 0.352 e. The summed E-state index contributed by atoms with van der Waals surface area (Å²) in [6, 6.07) is 7.67. The zero-order chi connectivity index (χ0) is 16.1. The molecule has 0 aliphatic heterocycles. The van der Waals surface area contributed by atoms with Crippen molar-refractivity contribution in [3.63, 3.8) is 0 Å². The number of carbonyl (C=O) groups is 2. The summed E-state index contributed by atoms with van der Waals surface area (Å²) >= 11 is 0. The van der Waals surface area contributed by atoms with Crippen LogP contribution in [0.4, 0.5) is 0 Å². The van der Waals surface area contributed by atoms with Crippen LogP contribution in [0.15, 0.2) is 30.5 Å². The Labute approximate surface area is 129 Å². The van der Waals surface area contributed by atoms with Gasteiger partial charge in [0.1, 0.15) is 0 Å². The van der Waals surface area contributed by atoms with Crippen molar-refractivity contribution in [1.29, 1.82) is 0 Å². The number of nitrogens with zero attached hydrogens (tertiary/aromatic N) is 2. The van der Waals surface area contributed by atoms with Gasteiger partial charge in [-0.1, -0.05) is 31.2 Å². The van der Waals surface area contributed by atoms with Gasteiger partial charge in [-0.15, -0.1) is 0 Å². The van der Waals surface area contributed by atoms with Crippen LogP contribution in [0.5, 0.6) is 0 Å². The fourth-order valence-corrected chi connectivity index (χ4v) is 2.02. The molecular weight excluding hydrogens is 280 g/mol. The Morgan fingerprint density at radius 1 is 1.23 bits per heavy atom. The summed E-state index contributed by atoms with van der Waals surface area (Å²) < 4.78 is 0. The molecule has 1 heterocycles. The number of hydrogen-bond donors (Lipinski definition) is 2. The summed E-state index contributed by atoms with van der Waals surface area (Å²) in [6.45, 7) is 2.32. The lowest BCUT2D eigenvalue weighted by molar-refractivity contribution is -0.120. The smallest absolute Gasteiger partial charge is 0.257 e. The van der Waals surface area contributed by atoms with Crippen LogP contribution in [0.25, 0.3) is 11.3 Å². The highest BCUT2D eigenvalue weighted by Gasteiger charge is 2.16. The number of rotatable bonds is 5. The minimum Gasteiger partial charge on any atom is -0.352 e. The fourth-order valence-electron chi connectivity index (χ4n) is 2.02. The van der Waals surface area contributed by atoms with Gasteiger partial charge in [0.05, 0.1) is 17.5 Å². The van der Waals surface area contributed by atoms with Crippen LogP contribution in [0.1, 0.15) is 29.3 Å². The number of amides is 2. The summed E-state index contributed by atoms with van der Waals surface area (Å²) in [5.41, 5.74) is 3.12. The van der Waals surface area contributed by atoms with E-state index in [0.717, 1.165) is 11.1 Å². The Hall–Kier alpha value is -2.63. The van der Waals surface area contributed by atoms with Crippen LogP contribution < -0.4 is 5.32 Å². The maximum Gasteiger partial charge on any atom is 0.257 e. The molecule has 0 saturated carbocycles. The third-order valence-corrected chi connectivity index (χ3v) is 3.33. The number of carbonyl (C=O) groups excluding carboxylic acids is 2. The molecule has 0 aliphatic carbocycles. The molecule has 2 rings (SSSR count). The van der Waals surface area contributed by atoms with Crippen LogP contribution in [-0.2, 0) is 11.3 Å². The van der Waals surface area contributed by atoms with Gasteiger partial charge in [0.2, 0.25) is 5.91 Å². The molecule has 0 atom stereocenters. The van der Waals surface area contributed by atoms with E-state index in [1.54, 1.807) is 14.1 Å². The van der Waals surface area contributed by atoms with Crippen LogP contribution >= 0.6 is 0 Å². The molecule has 0 radical (unpaired) electrons. The lowest BCUT2D eigenvalue weighted by Crippen LogP contribution is -2.22. The highest BCUT2D eigenvalue weighted by Crippen LogP contribution is 2.22. The third-order valence-electron chi connectivity index (χ3n) is 3.33. The summed E-state index contributed by atoms with van der Waals surface area (Å²) in [5.74, 6) is -0.0699. The molecule has 22 heavy (non-hydrogen) atoms. The predicted octanol–water partition coefficient (Wildman–Crippen LogP) is 1.80. The van der Waals surface area contributed by atoms with E-state index < -0.39 is 0 Å². The molecule has 2 N–H and O–H groups in total. The SMILES string of the molecule is CCC(=O)NCc1ccc(-c2[nH]ncc2C(=O)N(C)C)cc1. The number of nitrogens with one attached hydrogen (secondary N) is 2. The molecule has 0 saturated heterocycles. The zero-order valence-electron chi connectivity index (χ0n) is 13.0. The number of aromatic nitrogens is 2. The quantitative estimate of drug-likeness (QED) is 0.884. The Balaban J connectivity index is 2.16. The Bertz CT molecular complexity index is 659. The van der Waals surface area contributed by atoms with E-state index in [9.17, 15) is 9.59 Å². The number of H-pyrrole nitrogens is 1. The van der Waals surface area contributed by atoms with Crippen molar-refractivity contribution in [3.05, 3.63) is 41.6 Å². The number of hydrogen-bond acceptors (Lipinski definition) is 3. The summed E-state index contributed by atoms with van der Waals surface area (Å²) in [7, 11) is 3.41. The van der Waals surface area contributed by atoms with Gasteiger partial charge in [0, 0.05) is 32.6 Å². The first-order valence-electron chi connectivity index (χ1n) is 7.14. The Morgan fingerprint density at radius 3 is 2.50 bits per heavy atom. The molecule has 2 amide bonds. The van der Waals surface area contributed by atoms with Crippen molar-refractivity contribution in [2.24, 2.45) is 0 Å². The average molecular weight is 300 g/mol. The molecule has 116 valence electrons. The molecule has 6 heteroatoms. The van der Waals surface area contributed by atoms with E-state index in [2.05, 4.69) is 15.5 Å². The third kappa shape index (κ3) is 3.52. The number of aromatic amines is 1. The zero-order valence-corrected chi connectivity index (χ0v) is 13.0. The predicted molar refractivity (Wildman–Crippen MR) is 84.2 cm³/mol. The van der Waals surface area contributed by atoms with Gasteiger partial charge in [-0.05, 0) is 5.56 Å². The molecular formula is C16H20N4O2. The maximum atomic E-state index is 12.1. The highest BCUT2D eigenvalue weighted by atomic mass is 16.2. The van der Waals surface area contributed by atoms with Crippen molar-refractivity contribution in [1.82, 2.24) is 20.4 Å². The van der Waals surface area contributed by atoms with Crippen molar-refractivity contribution in [3.8, 4) is 11.3 Å². The second-order valence-corrected chi connectivity index (χ2v) is 5.19. The van der Waals surface area contributed by atoms with Gasteiger partial charge in [0.15, 0.2) is 0 Å². The minimum atomic E-state index is -0.0944. The highest BCUT2D eigenvalue weighted by molar-refractivity contribution is 5.99. The standard InChI is InChI=1S/C16H20N4O2/c1-4-14(21)17-9-11-5-7-12(8-6-11)15-13(10-18-19-15)16(22)20(2)3/h5-8,10H,4,9H2,1-3H3,(H,17,21)(H,18,19). The Morgan fingerprint density at radius 2 is 1.91 bits per heavy atom. The van der Waals surface area contributed by atoms with E-state index in [1.807, 2.05) is 31.2 Å². The van der Waals surface area contributed by atoms with E-state index >= 15 is 0 Å². The molecule has 0 spiro atoms. The van der Waals surface area contributed by atoms with Crippen LogP contribution in [0.2, 0.25) is 0 Å². The molecule has 0 aliphatic rings. The van der Waals surface area contributed by atoms with Crippen molar-refractivity contribution in [2.75, 3.05) is 14.1 Å². The topological polar surface area (TPSA) is 78.1 Å². The molecule has 1 aromatic heterocycles. The first kappa shape index (κ1) is 15.8. The molecule has 0 bridgehead atoms. The maximum absolute atomic E-state index is 12.1. The second-order valence-electron chi connectivity index (χ2n) is 5.19. The molecule has 6 nitrogen and oxygen atoms in total. The first-order chi connectivity index (χ1) is 10.5. The van der Waals surface area contributed by atoms with Crippen molar-refractivity contribution >= 4 is 11.8 Å². The lowest BCUT2D eigenvalue weighted by atomic mass is 10.1. The monoisotopic (exact) mass is 300 g/mol. The Kier molecular flexibility index (Phi) is 4.93. The van der Waals surface area contributed by atoms with E-state index in [0.29, 0.717) is 24.2 Å². The van der Waals surface area contributed by atoms with Gasteiger partial charge >= 0.3 is 0 Å². The van der Waals surface area contributed by atoms with Gasteiger partial charge in [-0.3, -0.25) is 14.7 Å². The molecule has 0 unspecified atom stereocenters. The van der Waals surface area contributed by atoms with Gasteiger partial charge < -0.3 is 10.2 Å². The van der Waals surface area contributed by atoms with Gasteiger partial charge in [-0.2, -0.15) is 5.10 Å². The molecule has 1 aromatic carbocycles. The van der Waals surface area contributed by atoms with E-state index in [4.69, 9.17) is 0 Å². The second kappa shape index (κ2) is 6.89. The molecule has 2 aromatic rings. The lowest BCUT2D eigenvalue weighted by Gasteiger charge is -2.10. The first-order valence-corrected chi connectivity index (χ1v) is 7.14. The minimum absolute atomic E-state index is 0.0245. The van der Waals surface area contributed by atoms with E-state index in [1.165, 1.54) is 11.1 Å².